The number of aromatic nitrogens is 5. The normalized spacial score (nSPS) is 12.3. The van der Waals surface area contributed by atoms with Gasteiger partial charge in [-0.05, 0) is 26.5 Å². The Morgan fingerprint density at radius 1 is 1.40 bits per heavy atom. The maximum absolute atomic E-state index is 13.0. The Morgan fingerprint density at radius 3 is 2.83 bits per heavy atom. The number of rotatable bonds is 9. The zero-order valence-electron chi connectivity index (χ0n) is 17.2. The van der Waals surface area contributed by atoms with Crippen LogP contribution in [0.3, 0.4) is 0 Å². The minimum absolute atomic E-state index is 0.133. The van der Waals surface area contributed by atoms with E-state index in [0.717, 1.165) is 21.3 Å². The first-order chi connectivity index (χ1) is 14.4. The van der Waals surface area contributed by atoms with Gasteiger partial charge < -0.3 is 20.3 Å². The van der Waals surface area contributed by atoms with Crippen LogP contribution in [-0.2, 0) is 13.2 Å². The summed E-state index contributed by atoms with van der Waals surface area (Å²) in [5, 5.41) is 19.7. The number of hydrogen-bond acceptors (Lipinski definition) is 7. The standard InChI is InChI=1S/C20H25FN8O/c1-13(2)29-17-7-19(24-10-16(17)26-20(29)12-30)27-18(22-4)5-6-23-8-15-9-25-28(11-15)14(3)21/h5-7,9-11,13,22,30H,3,8,12H2,1-2,4H3,(H,24,27)/b18-5+,23-6?. The lowest BCUT2D eigenvalue weighted by Gasteiger charge is -2.13. The summed E-state index contributed by atoms with van der Waals surface area (Å²) in [5.74, 6) is 1.29. The monoisotopic (exact) mass is 412 g/mol. The number of imidazole rings is 1. The summed E-state index contributed by atoms with van der Waals surface area (Å²) in [6.07, 6.45) is 8.16. The van der Waals surface area contributed by atoms with Gasteiger partial charge in [-0.1, -0.05) is 0 Å². The summed E-state index contributed by atoms with van der Waals surface area (Å²) in [7, 11) is 1.78. The van der Waals surface area contributed by atoms with Crippen molar-refractivity contribution >= 4 is 29.0 Å². The van der Waals surface area contributed by atoms with E-state index in [1.54, 1.807) is 31.7 Å². The number of fused-ring (bicyclic) bond motifs is 1. The number of hydrogen-bond donors (Lipinski definition) is 3. The Labute approximate surface area is 173 Å². The van der Waals surface area contributed by atoms with Gasteiger partial charge in [-0.2, -0.15) is 9.49 Å². The molecule has 3 N–H and O–H groups in total. The van der Waals surface area contributed by atoms with E-state index >= 15 is 0 Å². The first kappa shape index (κ1) is 21.2. The number of allylic oxidation sites excluding steroid dienone is 1. The number of aliphatic hydroxyl groups excluding tert-OH is 1. The molecule has 0 fully saturated rings. The van der Waals surface area contributed by atoms with Crippen molar-refractivity contribution in [3.8, 4) is 0 Å². The molecule has 0 saturated carbocycles. The number of anilines is 1. The quantitative estimate of drug-likeness (QED) is 0.467. The van der Waals surface area contributed by atoms with Gasteiger partial charge in [-0.3, -0.25) is 4.99 Å². The molecular weight excluding hydrogens is 387 g/mol. The highest BCUT2D eigenvalue weighted by Crippen LogP contribution is 2.23. The first-order valence-corrected chi connectivity index (χ1v) is 9.43. The van der Waals surface area contributed by atoms with E-state index < -0.39 is 5.95 Å². The van der Waals surface area contributed by atoms with Crippen LogP contribution < -0.4 is 10.6 Å². The fourth-order valence-electron chi connectivity index (χ4n) is 2.99. The Hall–Kier alpha value is -3.53. The molecule has 0 amide bonds. The highest BCUT2D eigenvalue weighted by molar-refractivity contribution is 5.79. The molecule has 0 bridgehead atoms. The first-order valence-electron chi connectivity index (χ1n) is 9.43. The molecule has 0 aliphatic heterocycles. The van der Waals surface area contributed by atoms with Crippen molar-refractivity contribution in [3.05, 3.63) is 54.5 Å². The summed E-state index contributed by atoms with van der Waals surface area (Å²) in [5.41, 5.74) is 2.39. The predicted octanol–water partition coefficient (Wildman–Crippen LogP) is 2.84. The second-order valence-electron chi connectivity index (χ2n) is 6.82. The van der Waals surface area contributed by atoms with Crippen molar-refractivity contribution in [3.63, 3.8) is 0 Å². The van der Waals surface area contributed by atoms with Crippen LogP contribution in [0.1, 0.15) is 31.3 Å². The van der Waals surface area contributed by atoms with Gasteiger partial charge >= 0.3 is 0 Å². The van der Waals surface area contributed by atoms with Crippen LogP contribution in [0.4, 0.5) is 10.2 Å². The second kappa shape index (κ2) is 9.31. The van der Waals surface area contributed by atoms with E-state index in [-0.39, 0.29) is 12.6 Å². The number of aliphatic imine (C=N–C) groups is 1. The maximum Gasteiger partial charge on any atom is 0.206 e. The fraction of sp³-hybridized carbons (Fsp3) is 0.300. The van der Waals surface area contributed by atoms with E-state index in [1.807, 2.05) is 24.5 Å². The van der Waals surface area contributed by atoms with Crippen LogP contribution in [0.5, 0.6) is 0 Å². The SMILES string of the molecule is C=C(F)n1cc(CN=C/C=C(\NC)Nc2cc3c(cn2)nc(CO)n3C(C)C)cn1. The molecule has 3 aromatic heterocycles. The highest BCUT2D eigenvalue weighted by atomic mass is 19.1. The summed E-state index contributed by atoms with van der Waals surface area (Å²) >= 11 is 0. The van der Waals surface area contributed by atoms with Gasteiger partial charge in [0.2, 0.25) is 5.95 Å². The lowest BCUT2D eigenvalue weighted by atomic mass is 10.3. The van der Waals surface area contributed by atoms with Gasteiger partial charge in [0, 0.05) is 37.1 Å². The summed E-state index contributed by atoms with van der Waals surface area (Å²) in [6, 6.07) is 2.04. The average Bonchev–Trinajstić information content (AvgIpc) is 3.34. The molecule has 0 radical (unpaired) electrons. The summed E-state index contributed by atoms with van der Waals surface area (Å²) < 4.78 is 16.0. The Bertz CT molecular complexity index is 1100. The molecule has 3 heterocycles. The number of nitrogens with one attached hydrogen (secondary N) is 2. The number of halogens is 1. The topological polar surface area (TPSA) is 105 Å². The molecule has 3 rings (SSSR count). The number of aliphatic hydroxyl groups is 1. The van der Waals surface area contributed by atoms with Crippen LogP contribution in [0, 0.1) is 0 Å². The van der Waals surface area contributed by atoms with Crippen molar-refractivity contribution in [1.82, 2.24) is 29.6 Å². The van der Waals surface area contributed by atoms with Gasteiger partial charge in [0.25, 0.3) is 0 Å². The van der Waals surface area contributed by atoms with Crippen molar-refractivity contribution in [2.75, 3.05) is 12.4 Å². The average molecular weight is 412 g/mol. The molecular formula is C20H25FN8O. The Balaban J connectivity index is 1.73. The van der Waals surface area contributed by atoms with Gasteiger partial charge in [-0.15, -0.1) is 0 Å². The molecule has 10 heteroatoms. The van der Waals surface area contributed by atoms with E-state index in [1.165, 1.54) is 6.20 Å². The van der Waals surface area contributed by atoms with E-state index in [2.05, 4.69) is 37.3 Å². The van der Waals surface area contributed by atoms with Crippen molar-refractivity contribution in [1.29, 1.82) is 0 Å². The lowest BCUT2D eigenvalue weighted by Crippen LogP contribution is -2.15. The molecule has 0 aliphatic rings. The summed E-state index contributed by atoms with van der Waals surface area (Å²) in [4.78, 5) is 13.1. The second-order valence-corrected chi connectivity index (χ2v) is 6.82. The Kier molecular flexibility index (Phi) is 6.58. The minimum Gasteiger partial charge on any atom is -0.388 e. The van der Waals surface area contributed by atoms with Crippen molar-refractivity contribution in [2.24, 2.45) is 4.99 Å². The largest absolute Gasteiger partial charge is 0.388 e. The molecule has 0 spiro atoms. The van der Waals surface area contributed by atoms with Gasteiger partial charge in [-0.25, -0.2) is 14.6 Å². The maximum atomic E-state index is 13.0. The van der Waals surface area contributed by atoms with Crippen LogP contribution >= 0.6 is 0 Å². The highest BCUT2D eigenvalue weighted by Gasteiger charge is 2.13. The molecule has 3 aromatic rings. The van der Waals surface area contributed by atoms with E-state index in [0.29, 0.717) is 24.0 Å². The smallest absolute Gasteiger partial charge is 0.206 e. The minimum atomic E-state index is -0.638. The van der Waals surface area contributed by atoms with Crippen LogP contribution in [0.15, 0.2) is 48.1 Å². The zero-order valence-corrected chi connectivity index (χ0v) is 17.2. The van der Waals surface area contributed by atoms with Gasteiger partial charge in [0.1, 0.15) is 29.6 Å². The van der Waals surface area contributed by atoms with Crippen LogP contribution in [-0.4, -0.2) is 42.7 Å². The third-order valence-corrected chi connectivity index (χ3v) is 4.34. The van der Waals surface area contributed by atoms with Crippen LogP contribution in [0.25, 0.3) is 17.0 Å². The molecule has 30 heavy (non-hydrogen) atoms. The Morgan fingerprint density at radius 2 is 2.20 bits per heavy atom. The van der Waals surface area contributed by atoms with Gasteiger partial charge in [0.05, 0.1) is 24.5 Å². The lowest BCUT2D eigenvalue weighted by molar-refractivity contribution is 0.263. The van der Waals surface area contributed by atoms with Gasteiger partial charge in [0.15, 0.2) is 0 Å². The molecule has 0 unspecified atom stereocenters. The zero-order chi connectivity index (χ0) is 21.7. The third-order valence-electron chi connectivity index (χ3n) is 4.34. The van der Waals surface area contributed by atoms with Crippen molar-refractivity contribution < 1.29 is 9.50 Å². The molecule has 9 nitrogen and oxygen atoms in total. The fourth-order valence-corrected chi connectivity index (χ4v) is 2.99. The van der Waals surface area contributed by atoms with E-state index in [4.69, 9.17) is 0 Å². The van der Waals surface area contributed by atoms with Crippen molar-refractivity contribution in [2.45, 2.75) is 33.0 Å². The molecule has 0 aliphatic carbocycles. The molecule has 158 valence electrons. The number of nitrogens with zero attached hydrogens (tertiary/aromatic N) is 6. The van der Waals surface area contributed by atoms with Crippen LogP contribution in [0.2, 0.25) is 0 Å². The summed E-state index contributed by atoms with van der Waals surface area (Å²) in [6.45, 7) is 7.50. The number of pyridine rings is 1. The molecule has 0 aromatic carbocycles. The molecule has 0 saturated heterocycles. The molecule has 0 atom stereocenters. The van der Waals surface area contributed by atoms with E-state index in [9.17, 15) is 9.50 Å². The predicted molar refractivity (Wildman–Crippen MR) is 115 cm³/mol. The third kappa shape index (κ3) is 4.71.